The van der Waals surface area contributed by atoms with Gasteiger partial charge in [0.25, 0.3) is 0 Å². The maximum absolute atomic E-state index is 11.3. The number of rotatable bonds is 4. The van der Waals surface area contributed by atoms with Crippen LogP contribution in [0.4, 0.5) is 0 Å². The molecule has 1 saturated carbocycles. The Labute approximate surface area is 111 Å². The molecule has 1 N–H and O–H groups in total. The molecule has 0 bridgehead atoms. The van der Waals surface area contributed by atoms with Gasteiger partial charge in [0.1, 0.15) is 5.82 Å². The van der Waals surface area contributed by atoms with Crippen molar-refractivity contribution in [1.29, 1.82) is 0 Å². The summed E-state index contributed by atoms with van der Waals surface area (Å²) >= 11 is 0. The summed E-state index contributed by atoms with van der Waals surface area (Å²) in [5.74, 6) is 0.302. The molecular weight excluding hydrogens is 240 g/mol. The predicted molar refractivity (Wildman–Crippen MR) is 71.0 cm³/mol. The Balaban J connectivity index is 1.80. The van der Waals surface area contributed by atoms with Gasteiger partial charge in [-0.3, -0.25) is 4.79 Å². The van der Waals surface area contributed by atoms with Crippen LogP contribution in [0.3, 0.4) is 0 Å². The van der Waals surface area contributed by atoms with E-state index in [1.165, 1.54) is 0 Å². The fourth-order valence-corrected chi connectivity index (χ4v) is 2.44. The first-order valence-corrected chi connectivity index (χ1v) is 6.41. The minimum atomic E-state index is -0.704. The van der Waals surface area contributed by atoms with E-state index in [-0.39, 0.29) is 0 Å². The number of hydrogen-bond acceptors (Lipinski definition) is 2. The summed E-state index contributed by atoms with van der Waals surface area (Å²) in [6.45, 7) is 0. The Hall–Kier alpha value is -2.10. The molecule has 0 unspecified atom stereocenters. The van der Waals surface area contributed by atoms with Crippen LogP contribution in [0.5, 0.6) is 0 Å². The molecular formula is C15H16N2O2. The normalized spacial score (nSPS) is 16.3. The van der Waals surface area contributed by atoms with E-state index in [0.717, 1.165) is 36.2 Å². The number of aryl methyl sites for hydroxylation is 1. The van der Waals surface area contributed by atoms with E-state index >= 15 is 0 Å². The molecule has 1 aromatic heterocycles. The molecule has 1 aliphatic carbocycles. The largest absolute Gasteiger partial charge is 0.481 e. The van der Waals surface area contributed by atoms with Crippen LogP contribution >= 0.6 is 0 Å². The van der Waals surface area contributed by atoms with E-state index in [0.29, 0.717) is 0 Å². The van der Waals surface area contributed by atoms with Crippen molar-refractivity contribution in [2.75, 3.05) is 0 Å². The van der Waals surface area contributed by atoms with Crippen LogP contribution in [-0.4, -0.2) is 20.6 Å². The van der Waals surface area contributed by atoms with Gasteiger partial charge < -0.3 is 9.67 Å². The number of imidazole rings is 1. The van der Waals surface area contributed by atoms with E-state index in [4.69, 9.17) is 0 Å². The zero-order valence-electron chi connectivity index (χ0n) is 10.8. The average Bonchev–Trinajstić information content (AvgIpc) is 3.12. The van der Waals surface area contributed by atoms with Crippen LogP contribution in [-0.2, 0) is 23.7 Å². The lowest BCUT2D eigenvalue weighted by molar-refractivity contribution is -0.140. The summed E-state index contributed by atoms with van der Waals surface area (Å²) in [5.41, 5.74) is 1.46. The van der Waals surface area contributed by atoms with Crippen molar-refractivity contribution in [3.63, 3.8) is 0 Å². The van der Waals surface area contributed by atoms with Crippen molar-refractivity contribution in [1.82, 2.24) is 9.55 Å². The van der Waals surface area contributed by atoms with Gasteiger partial charge in [0.15, 0.2) is 0 Å². The van der Waals surface area contributed by atoms with E-state index in [2.05, 4.69) is 4.98 Å². The number of nitrogens with zero attached hydrogens (tertiary/aromatic N) is 2. The number of carboxylic acids is 1. The number of carbonyl (C=O) groups is 1. The lowest BCUT2D eigenvalue weighted by Gasteiger charge is -2.10. The zero-order chi connectivity index (χ0) is 13.5. The summed E-state index contributed by atoms with van der Waals surface area (Å²) < 4.78 is 1.99. The van der Waals surface area contributed by atoms with Crippen molar-refractivity contribution in [3.05, 3.63) is 53.6 Å². The second kappa shape index (κ2) is 4.23. The maximum atomic E-state index is 11.3. The van der Waals surface area contributed by atoms with Gasteiger partial charge in [-0.05, 0) is 24.0 Å². The minimum Gasteiger partial charge on any atom is -0.481 e. The lowest BCUT2D eigenvalue weighted by atomic mass is 9.95. The minimum absolute atomic E-state index is 0.609. The monoisotopic (exact) mass is 256 g/mol. The fraction of sp³-hybridized carbons (Fsp3) is 0.333. The van der Waals surface area contributed by atoms with Gasteiger partial charge in [0.2, 0.25) is 0 Å². The van der Waals surface area contributed by atoms with Crippen LogP contribution in [0, 0.1) is 0 Å². The van der Waals surface area contributed by atoms with Crippen molar-refractivity contribution in [2.45, 2.75) is 24.7 Å². The number of aliphatic carboxylic acids is 1. The standard InChI is InChI=1S/C15H16N2O2/c1-17-9-8-16-13(17)10-11-2-4-12(5-3-11)15(6-7-15)14(18)19/h2-5,8-9H,6-7,10H2,1H3,(H,18,19). The van der Waals surface area contributed by atoms with Crippen molar-refractivity contribution >= 4 is 5.97 Å². The summed E-state index contributed by atoms with van der Waals surface area (Å²) in [5, 5.41) is 9.26. The van der Waals surface area contributed by atoms with Crippen molar-refractivity contribution in [2.24, 2.45) is 7.05 Å². The van der Waals surface area contributed by atoms with E-state index in [1.54, 1.807) is 6.20 Å². The molecule has 98 valence electrons. The topological polar surface area (TPSA) is 55.1 Å². The van der Waals surface area contributed by atoms with Gasteiger partial charge in [0, 0.05) is 25.9 Å². The van der Waals surface area contributed by atoms with Crippen LogP contribution in [0.2, 0.25) is 0 Å². The lowest BCUT2D eigenvalue weighted by Crippen LogP contribution is -2.19. The van der Waals surface area contributed by atoms with Crippen LogP contribution in [0.25, 0.3) is 0 Å². The molecule has 1 aromatic carbocycles. The molecule has 1 aliphatic rings. The second-order valence-electron chi connectivity index (χ2n) is 5.22. The highest BCUT2D eigenvalue weighted by Gasteiger charge is 2.51. The van der Waals surface area contributed by atoms with Gasteiger partial charge in [-0.1, -0.05) is 24.3 Å². The Morgan fingerprint density at radius 3 is 2.53 bits per heavy atom. The zero-order valence-corrected chi connectivity index (χ0v) is 10.8. The molecule has 1 fully saturated rings. The molecule has 3 rings (SSSR count). The smallest absolute Gasteiger partial charge is 0.314 e. The summed E-state index contributed by atoms with van der Waals surface area (Å²) in [6.07, 6.45) is 5.98. The van der Waals surface area contributed by atoms with E-state index in [9.17, 15) is 9.90 Å². The number of hydrogen-bond donors (Lipinski definition) is 1. The molecule has 0 aliphatic heterocycles. The quantitative estimate of drug-likeness (QED) is 0.911. The summed E-state index contributed by atoms with van der Waals surface area (Å²) in [4.78, 5) is 15.5. The molecule has 4 heteroatoms. The Morgan fingerprint density at radius 1 is 1.37 bits per heavy atom. The Bertz CT molecular complexity index is 609. The van der Waals surface area contributed by atoms with Crippen LogP contribution in [0.15, 0.2) is 36.7 Å². The molecule has 2 aromatic rings. The molecule has 1 heterocycles. The van der Waals surface area contributed by atoms with Crippen molar-refractivity contribution in [3.8, 4) is 0 Å². The van der Waals surface area contributed by atoms with Gasteiger partial charge in [-0.15, -0.1) is 0 Å². The third-order valence-electron chi connectivity index (χ3n) is 3.95. The summed E-state index contributed by atoms with van der Waals surface area (Å²) in [7, 11) is 1.97. The second-order valence-corrected chi connectivity index (χ2v) is 5.22. The first kappa shape index (κ1) is 12.0. The van der Waals surface area contributed by atoms with E-state index in [1.807, 2.05) is 42.1 Å². The van der Waals surface area contributed by atoms with Crippen molar-refractivity contribution < 1.29 is 9.90 Å². The molecule has 19 heavy (non-hydrogen) atoms. The number of carboxylic acid groups (broad SMARTS) is 1. The Morgan fingerprint density at radius 2 is 2.05 bits per heavy atom. The highest BCUT2D eigenvalue weighted by molar-refractivity contribution is 5.84. The first-order chi connectivity index (χ1) is 9.12. The molecule has 0 atom stereocenters. The highest BCUT2D eigenvalue weighted by Crippen LogP contribution is 2.48. The third kappa shape index (κ3) is 2.03. The molecule has 0 saturated heterocycles. The van der Waals surface area contributed by atoms with Crippen LogP contribution < -0.4 is 0 Å². The Kier molecular flexibility index (Phi) is 2.66. The molecule has 4 nitrogen and oxygen atoms in total. The molecule has 0 radical (unpaired) electrons. The number of aromatic nitrogens is 2. The van der Waals surface area contributed by atoms with Gasteiger partial charge in [-0.25, -0.2) is 4.98 Å². The third-order valence-corrected chi connectivity index (χ3v) is 3.95. The van der Waals surface area contributed by atoms with Gasteiger partial charge in [0.05, 0.1) is 5.41 Å². The first-order valence-electron chi connectivity index (χ1n) is 6.41. The SMILES string of the molecule is Cn1ccnc1Cc1ccc(C2(C(=O)O)CC2)cc1. The number of benzene rings is 1. The fourth-order valence-electron chi connectivity index (χ4n) is 2.44. The summed E-state index contributed by atoms with van der Waals surface area (Å²) in [6, 6.07) is 7.90. The van der Waals surface area contributed by atoms with Crippen LogP contribution in [0.1, 0.15) is 29.8 Å². The van der Waals surface area contributed by atoms with Gasteiger partial charge in [-0.2, -0.15) is 0 Å². The highest BCUT2D eigenvalue weighted by atomic mass is 16.4. The molecule has 0 amide bonds. The predicted octanol–water partition coefficient (Wildman–Crippen LogP) is 2.13. The van der Waals surface area contributed by atoms with Gasteiger partial charge >= 0.3 is 5.97 Å². The maximum Gasteiger partial charge on any atom is 0.314 e. The molecule has 0 spiro atoms. The van der Waals surface area contributed by atoms with E-state index < -0.39 is 11.4 Å². The average molecular weight is 256 g/mol.